The summed E-state index contributed by atoms with van der Waals surface area (Å²) in [6.45, 7) is 6.82. The molecule has 1 aromatic rings. The molecule has 1 amide bonds. The number of alkyl carbamates (subject to hydrolysis) is 1. The molecule has 1 fully saturated rings. The van der Waals surface area contributed by atoms with Crippen LogP contribution in [0.2, 0.25) is 0 Å². The third kappa shape index (κ3) is 8.96. The summed E-state index contributed by atoms with van der Waals surface area (Å²) >= 11 is 0. The first kappa shape index (κ1) is 22.5. The SMILES string of the molecule is CC(C)(C)OC(=O)NCCC(O)c1cccc(NCCCC2CCCCC2)c1. The van der Waals surface area contributed by atoms with Gasteiger partial charge in [-0.2, -0.15) is 0 Å². The largest absolute Gasteiger partial charge is 0.444 e. The van der Waals surface area contributed by atoms with Gasteiger partial charge in [0.25, 0.3) is 0 Å². The van der Waals surface area contributed by atoms with Gasteiger partial charge in [-0.15, -0.1) is 0 Å². The van der Waals surface area contributed by atoms with Crippen molar-refractivity contribution < 1.29 is 14.6 Å². The Hall–Kier alpha value is -1.75. The van der Waals surface area contributed by atoms with E-state index in [1.807, 2.05) is 45.0 Å². The van der Waals surface area contributed by atoms with Gasteiger partial charge in [0.05, 0.1) is 6.10 Å². The number of ether oxygens (including phenoxy) is 1. The monoisotopic (exact) mass is 390 g/mol. The maximum absolute atomic E-state index is 11.7. The molecular formula is C23H38N2O3. The van der Waals surface area contributed by atoms with E-state index in [0.717, 1.165) is 23.7 Å². The quantitative estimate of drug-likeness (QED) is 0.493. The summed E-state index contributed by atoms with van der Waals surface area (Å²) in [6.07, 6.45) is 8.91. The lowest BCUT2D eigenvalue weighted by Crippen LogP contribution is -2.33. The van der Waals surface area contributed by atoms with Crippen molar-refractivity contribution in [2.24, 2.45) is 5.92 Å². The van der Waals surface area contributed by atoms with Crippen molar-refractivity contribution >= 4 is 11.8 Å². The zero-order valence-corrected chi connectivity index (χ0v) is 17.8. The van der Waals surface area contributed by atoms with E-state index in [1.165, 1.54) is 44.9 Å². The molecule has 1 aromatic carbocycles. The second-order valence-corrected chi connectivity index (χ2v) is 8.93. The van der Waals surface area contributed by atoms with Crippen LogP contribution >= 0.6 is 0 Å². The van der Waals surface area contributed by atoms with Crippen LogP contribution in [0.15, 0.2) is 24.3 Å². The minimum Gasteiger partial charge on any atom is -0.444 e. The van der Waals surface area contributed by atoms with Crippen LogP contribution in [0.1, 0.15) is 83.8 Å². The zero-order valence-electron chi connectivity index (χ0n) is 17.8. The summed E-state index contributed by atoms with van der Waals surface area (Å²) in [5, 5.41) is 16.6. The molecule has 0 heterocycles. The molecule has 0 aromatic heterocycles. The van der Waals surface area contributed by atoms with Crippen molar-refractivity contribution in [2.45, 2.75) is 83.8 Å². The van der Waals surface area contributed by atoms with E-state index in [0.29, 0.717) is 13.0 Å². The molecule has 0 aliphatic heterocycles. The van der Waals surface area contributed by atoms with E-state index >= 15 is 0 Å². The van der Waals surface area contributed by atoms with Gasteiger partial charge in [0.1, 0.15) is 5.60 Å². The van der Waals surface area contributed by atoms with Gasteiger partial charge < -0.3 is 20.5 Å². The number of hydrogen-bond donors (Lipinski definition) is 3. The number of aliphatic hydroxyl groups excluding tert-OH is 1. The van der Waals surface area contributed by atoms with Crippen LogP contribution in [0.5, 0.6) is 0 Å². The Morgan fingerprint density at radius 3 is 2.68 bits per heavy atom. The normalized spacial score (nSPS) is 16.4. The predicted molar refractivity (Wildman–Crippen MR) is 115 cm³/mol. The number of anilines is 1. The Morgan fingerprint density at radius 2 is 1.96 bits per heavy atom. The molecule has 5 nitrogen and oxygen atoms in total. The molecule has 0 spiro atoms. The number of nitrogens with one attached hydrogen (secondary N) is 2. The van der Waals surface area contributed by atoms with Crippen molar-refractivity contribution in [3.05, 3.63) is 29.8 Å². The highest BCUT2D eigenvalue weighted by Crippen LogP contribution is 2.27. The van der Waals surface area contributed by atoms with Crippen LogP contribution in [0.3, 0.4) is 0 Å². The van der Waals surface area contributed by atoms with Gasteiger partial charge in [0.15, 0.2) is 0 Å². The summed E-state index contributed by atoms with van der Waals surface area (Å²) in [5.41, 5.74) is 1.39. The topological polar surface area (TPSA) is 70.6 Å². The Labute approximate surface area is 170 Å². The molecule has 0 saturated heterocycles. The van der Waals surface area contributed by atoms with Crippen molar-refractivity contribution in [1.29, 1.82) is 0 Å². The molecule has 1 aliphatic carbocycles. The molecule has 2 rings (SSSR count). The maximum atomic E-state index is 11.7. The van der Waals surface area contributed by atoms with Gasteiger partial charge in [-0.25, -0.2) is 4.79 Å². The van der Waals surface area contributed by atoms with Gasteiger partial charge in [-0.05, 0) is 63.6 Å². The fourth-order valence-corrected chi connectivity index (χ4v) is 3.75. The number of amides is 1. The third-order valence-corrected chi connectivity index (χ3v) is 5.20. The van der Waals surface area contributed by atoms with Crippen molar-refractivity contribution in [1.82, 2.24) is 5.32 Å². The minimum absolute atomic E-state index is 0.370. The molecule has 28 heavy (non-hydrogen) atoms. The molecular weight excluding hydrogens is 352 g/mol. The number of rotatable bonds is 9. The summed E-state index contributed by atoms with van der Waals surface area (Å²) < 4.78 is 5.20. The number of hydrogen-bond acceptors (Lipinski definition) is 4. The Kier molecular flexibility index (Phi) is 9.10. The molecule has 1 saturated carbocycles. The summed E-state index contributed by atoms with van der Waals surface area (Å²) in [6, 6.07) is 7.92. The summed E-state index contributed by atoms with van der Waals surface area (Å²) in [5.74, 6) is 0.918. The number of benzene rings is 1. The Bertz CT molecular complexity index is 592. The van der Waals surface area contributed by atoms with Crippen molar-refractivity contribution in [3.63, 3.8) is 0 Å². The molecule has 1 unspecified atom stereocenters. The lowest BCUT2D eigenvalue weighted by molar-refractivity contribution is 0.0518. The molecule has 0 bridgehead atoms. The van der Waals surface area contributed by atoms with Gasteiger partial charge in [-0.3, -0.25) is 0 Å². The third-order valence-electron chi connectivity index (χ3n) is 5.20. The molecule has 1 atom stereocenters. The fourth-order valence-electron chi connectivity index (χ4n) is 3.75. The average molecular weight is 391 g/mol. The molecule has 0 radical (unpaired) electrons. The van der Waals surface area contributed by atoms with Crippen LogP contribution in [0.25, 0.3) is 0 Å². The van der Waals surface area contributed by atoms with Crippen LogP contribution in [-0.2, 0) is 4.74 Å². The van der Waals surface area contributed by atoms with E-state index in [2.05, 4.69) is 10.6 Å². The highest BCUT2D eigenvalue weighted by Gasteiger charge is 2.16. The molecule has 158 valence electrons. The second-order valence-electron chi connectivity index (χ2n) is 8.93. The first-order valence-corrected chi connectivity index (χ1v) is 10.8. The first-order valence-electron chi connectivity index (χ1n) is 10.8. The summed E-state index contributed by atoms with van der Waals surface area (Å²) in [4.78, 5) is 11.7. The number of carbonyl (C=O) groups is 1. The van der Waals surface area contributed by atoms with Crippen LogP contribution in [0, 0.1) is 5.92 Å². The number of carbonyl (C=O) groups excluding carboxylic acids is 1. The number of aliphatic hydroxyl groups is 1. The van der Waals surface area contributed by atoms with Gasteiger partial charge in [-0.1, -0.05) is 44.2 Å². The molecule has 3 N–H and O–H groups in total. The van der Waals surface area contributed by atoms with Gasteiger partial charge >= 0.3 is 6.09 Å². The van der Waals surface area contributed by atoms with Crippen LogP contribution < -0.4 is 10.6 Å². The highest BCUT2D eigenvalue weighted by atomic mass is 16.6. The highest BCUT2D eigenvalue weighted by molar-refractivity contribution is 5.67. The van der Waals surface area contributed by atoms with E-state index in [-0.39, 0.29) is 0 Å². The average Bonchev–Trinajstić information content (AvgIpc) is 2.65. The maximum Gasteiger partial charge on any atom is 0.407 e. The van der Waals surface area contributed by atoms with E-state index in [9.17, 15) is 9.90 Å². The molecule has 1 aliphatic rings. The lowest BCUT2D eigenvalue weighted by Gasteiger charge is -2.21. The zero-order chi connectivity index (χ0) is 20.4. The van der Waals surface area contributed by atoms with Crippen molar-refractivity contribution in [2.75, 3.05) is 18.4 Å². The fraction of sp³-hybridized carbons (Fsp3) is 0.696. The summed E-state index contributed by atoms with van der Waals surface area (Å²) in [7, 11) is 0. The smallest absolute Gasteiger partial charge is 0.407 e. The van der Waals surface area contributed by atoms with E-state index < -0.39 is 17.8 Å². The van der Waals surface area contributed by atoms with Crippen molar-refractivity contribution in [3.8, 4) is 0 Å². The Morgan fingerprint density at radius 1 is 1.21 bits per heavy atom. The lowest BCUT2D eigenvalue weighted by atomic mass is 9.86. The van der Waals surface area contributed by atoms with Gasteiger partial charge in [0, 0.05) is 18.8 Å². The second kappa shape index (κ2) is 11.3. The molecule has 5 heteroatoms. The van der Waals surface area contributed by atoms with Gasteiger partial charge in [0.2, 0.25) is 0 Å². The van der Waals surface area contributed by atoms with Crippen LogP contribution in [0.4, 0.5) is 10.5 Å². The van der Waals surface area contributed by atoms with E-state index in [1.54, 1.807) is 0 Å². The van der Waals surface area contributed by atoms with E-state index in [4.69, 9.17) is 4.74 Å². The first-order chi connectivity index (χ1) is 13.3. The standard InChI is InChI=1S/C23H38N2O3/c1-23(2,3)28-22(27)25-16-14-21(26)19-12-7-13-20(17-19)24-15-8-11-18-9-5-4-6-10-18/h7,12-13,17-18,21,24,26H,4-6,8-11,14-16H2,1-3H3,(H,25,27). The Balaban J connectivity index is 1.68. The van der Waals surface area contributed by atoms with Crippen LogP contribution in [-0.4, -0.2) is 29.9 Å². The minimum atomic E-state index is -0.612. The predicted octanol–water partition coefficient (Wildman–Crippen LogP) is 5.41.